The number of nitrogens with zero attached hydrogens (tertiary/aromatic N) is 1. The summed E-state index contributed by atoms with van der Waals surface area (Å²) >= 11 is 12.0. The summed E-state index contributed by atoms with van der Waals surface area (Å²) in [6.45, 7) is 7.35. The lowest BCUT2D eigenvalue weighted by molar-refractivity contribution is -0.139. The zero-order valence-electron chi connectivity index (χ0n) is 17.5. The molecule has 0 amide bonds. The van der Waals surface area contributed by atoms with Crippen molar-refractivity contribution in [3.8, 4) is 5.75 Å². The molecule has 1 atom stereocenters. The predicted molar refractivity (Wildman–Crippen MR) is 119 cm³/mol. The first kappa shape index (κ1) is 23.1. The fraction of sp³-hybridized carbons (Fsp3) is 0.304. The summed E-state index contributed by atoms with van der Waals surface area (Å²) < 4.78 is 15.5. The molecular weight excluding hydrogens is 444 g/mol. The number of aliphatic carboxylic acids is 1. The summed E-state index contributed by atoms with van der Waals surface area (Å²) in [6, 6.07) is 6.57. The van der Waals surface area contributed by atoms with Crippen molar-refractivity contribution in [3.63, 3.8) is 0 Å². The van der Waals surface area contributed by atoms with Gasteiger partial charge in [0.25, 0.3) is 5.91 Å². The van der Waals surface area contributed by atoms with Crippen molar-refractivity contribution in [2.24, 2.45) is 5.41 Å². The zero-order valence-corrected chi connectivity index (χ0v) is 19.0. The van der Waals surface area contributed by atoms with Crippen LogP contribution in [0.25, 0.3) is 10.9 Å². The van der Waals surface area contributed by atoms with Crippen LogP contribution in [-0.2, 0) is 4.79 Å². The summed E-state index contributed by atoms with van der Waals surface area (Å²) in [5, 5.41) is 20.7. The number of hydrogen-bond donors (Lipinski definition) is 2. The second-order valence-corrected chi connectivity index (χ2v) is 9.56. The molecule has 3 aromatic rings. The van der Waals surface area contributed by atoms with Gasteiger partial charge in [-0.2, -0.15) is 0 Å². The molecule has 0 aliphatic rings. The SMILES string of the molecule is Cc1c([C@H](CC(C)(C)C)C(=O)O)c2cc(O)c(F)cc2n1C(=O)c1ccc(Cl)c(Cl)c1. The molecule has 0 spiro atoms. The molecule has 5 nitrogen and oxygen atoms in total. The van der Waals surface area contributed by atoms with Crippen LogP contribution < -0.4 is 0 Å². The quantitative estimate of drug-likeness (QED) is 0.467. The summed E-state index contributed by atoms with van der Waals surface area (Å²) in [6.07, 6.45) is 0.279. The number of hydrogen-bond acceptors (Lipinski definition) is 3. The van der Waals surface area contributed by atoms with E-state index in [0.29, 0.717) is 16.6 Å². The molecule has 2 N–H and O–H groups in total. The second-order valence-electron chi connectivity index (χ2n) is 8.74. The lowest BCUT2D eigenvalue weighted by atomic mass is 9.80. The Morgan fingerprint density at radius 2 is 1.77 bits per heavy atom. The lowest BCUT2D eigenvalue weighted by Gasteiger charge is -2.24. The molecule has 0 unspecified atom stereocenters. The summed E-state index contributed by atoms with van der Waals surface area (Å²) in [4.78, 5) is 25.6. The van der Waals surface area contributed by atoms with Gasteiger partial charge in [-0.25, -0.2) is 4.39 Å². The molecule has 0 saturated heterocycles. The molecule has 0 aliphatic carbocycles. The van der Waals surface area contributed by atoms with E-state index in [0.717, 1.165) is 6.07 Å². The van der Waals surface area contributed by atoms with Crippen LogP contribution in [0.15, 0.2) is 30.3 Å². The Kier molecular flexibility index (Phi) is 6.09. The van der Waals surface area contributed by atoms with E-state index in [2.05, 4.69) is 0 Å². The topological polar surface area (TPSA) is 79.5 Å². The maximum absolute atomic E-state index is 14.3. The average Bonchev–Trinajstić information content (AvgIpc) is 2.92. The summed E-state index contributed by atoms with van der Waals surface area (Å²) in [7, 11) is 0. The van der Waals surface area contributed by atoms with Crippen LogP contribution in [0.5, 0.6) is 5.75 Å². The third-order valence-electron chi connectivity index (χ3n) is 5.15. The Morgan fingerprint density at radius 1 is 1.13 bits per heavy atom. The van der Waals surface area contributed by atoms with Crippen LogP contribution in [-0.4, -0.2) is 26.7 Å². The van der Waals surface area contributed by atoms with Crippen LogP contribution in [0, 0.1) is 18.2 Å². The number of halogens is 3. The van der Waals surface area contributed by atoms with Gasteiger partial charge >= 0.3 is 5.97 Å². The maximum Gasteiger partial charge on any atom is 0.311 e. The Hall–Kier alpha value is -2.57. The highest BCUT2D eigenvalue weighted by atomic mass is 35.5. The van der Waals surface area contributed by atoms with E-state index in [4.69, 9.17) is 23.2 Å². The Balaban J connectivity index is 2.33. The van der Waals surface area contributed by atoms with Crippen LogP contribution >= 0.6 is 23.2 Å². The minimum atomic E-state index is -1.07. The molecule has 0 saturated carbocycles. The second kappa shape index (κ2) is 8.17. The van der Waals surface area contributed by atoms with Crippen molar-refractivity contribution in [1.82, 2.24) is 4.57 Å². The number of rotatable bonds is 4. The normalized spacial score (nSPS) is 12.9. The van der Waals surface area contributed by atoms with E-state index in [-0.39, 0.29) is 33.0 Å². The third kappa shape index (κ3) is 4.41. The van der Waals surface area contributed by atoms with Crippen molar-refractivity contribution < 1.29 is 24.2 Å². The number of carboxylic acids is 1. The van der Waals surface area contributed by atoms with E-state index in [1.54, 1.807) is 6.92 Å². The van der Waals surface area contributed by atoms with Gasteiger partial charge in [0, 0.05) is 22.7 Å². The largest absolute Gasteiger partial charge is 0.505 e. The lowest BCUT2D eigenvalue weighted by Crippen LogP contribution is -2.20. The predicted octanol–water partition coefficient (Wildman–Crippen LogP) is 6.39. The van der Waals surface area contributed by atoms with E-state index < -0.39 is 29.4 Å². The van der Waals surface area contributed by atoms with Gasteiger partial charge in [0.2, 0.25) is 0 Å². The molecule has 3 rings (SSSR count). The van der Waals surface area contributed by atoms with Crippen molar-refractivity contribution in [1.29, 1.82) is 0 Å². The smallest absolute Gasteiger partial charge is 0.311 e. The molecule has 31 heavy (non-hydrogen) atoms. The summed E-state index contributed by atoms with van der Waals surface area (Å²) in [5.74, 6) is -4.08. The van der Waals surface area contributed by atoms with Crippen molar-refractivity contribution in [3.05, 3.63) is 63.0 Å². The molecule has 1 aromatic heterocycles. The molecule has 0 bridgehead atoms. The zero-order chi connectivity index (χ0) is 23.2. The van der Waals surface area contributed by atoms with Crippen molar-refractivity contribution in [2.75, 3.05) is 0 Å². The Labute approximate surface area is 189 Å². The Morgan fingerprint density at radius 3 is 2.32 bits per heavy atom. The van der Waals surface area contributed by atoms with Gasteiger partial charge in [0.1, 0.15) is 0 Å². The molecule has 2 aromatic carbocycles. The highest BCUT2D eigenvalue weighted by Gasteiger charge is 2.33. The fourth-order valence-corrected chi connectivity index (χ4v) is 4.13. The van der Waals surface area contributed by atoms with E-state index in [9.17, 15) is 24.2 Å². The van der Waals surface area contributed by atoms with E-state index in [1.165, 1.54) is 28.8 Å². The van der Waals surface area contributed by atoms with Crippen LogP contribution in [0.4, 0.5) is 4.39 Å². The first-order valence-electron chi connectivity index (χ1n) is 9.58. The Bertz CT molecular complexity index is 1210. The molecule has 8 heteroatoms. The van der Waals surface area contributed by atoms with Crippen LogP contribution in [0.2, 0.25) is 10.0 Å². The number of fused-ring (bicyclic) bond motifs is 1. The fourth-order valence-electron chi connectivity index (χ4n) is 3.83. The number of aromatic hydroxyl groups is 1. The highest BCUT2D eigenvalue weighted by Crippen LogP contribution is 2.40. The first-order chi connectivity index (χ1) is 14.3. The summed E-state index contributed by atoms with van der Waals surface area (Å²) in [5.41, 5.74) is 0.754. The number of carbonyl (C=O) groups excluding carboxylic acids is 1. The molecular formula is C23H22Cl2FNO4. The van der Waals surface area contributed by atoms with Crippen molar-refractivity contribution >= 4 is 46.0 Å². The first-order valence-corrected chi connectivity index (χ1v) is 10.3. The van der Waals surface area contributed by atoms with Gasteiger partial charge in [0.05, 0.1) is 21.5 Å². The number of aromatic nitrogens is 1. The van der Waals surface area contributed by atoms with Gasteiger partial charge in [-0.15, -0.1) is 0 Å². The van der Waals surface area contributed by atoms with E-state index in [1.807, 2.05) is 20.8 Å². The molecule has 0 radical (unpaired) electrons. The monoisotopic (exact) mass is 465 g/mol. The number of carbonyl (C=O) groups is 2. The number of phenolic OH excluding ortho intramolecular Hbond substituents is 1. The highest BCUT2D eigenvalue weighted by molar-refractivity contribution is 6.42. The maximum atomic E-state index is 14.3. The van der Waals surface area contributed by atoms with Crippen molar-refractivity contribution in [2.45, 2.75) is 40.0 Å². The number of phenols is 1. The molecule has 1 heterocycles. The van der Waals surface area contributed by atoms with Gasteiger partial charge in [-0.3, -0.25) is 14.2 Å². The van der Waals surface area contributed by atoms with Gasteiger partial charge in [-0.05, 0) is 48.6 Å². The molecule has 0 fully saturated rings. The number of carboxylic acid groups (broad SMARTS) is 1. The van der Waals surface area contributed by atoms with Crippen LogP contribution in [0.3, 0.4) is 0 Å². The molecule has 164 valence electrons. The number of benzene rings is 2. The van der Waals surface area contributed by atoms with E-state index >= 15 is 0 Å². The average molecular weight is 466 g/mol. The minimum Gasteiger partial charge on any atom is -0.505 e. The molecule has 0 aliphatic heterocycles. The standard InChI is InChI=1S/C23H22Cl2FNO4/c1-11-20(14(22(30)31)10-23(2,3)4)13-8-19(28)17(26)9-18(13)27(11)21(29)12-5-6-15(24)16(25)7-12/h5-9,14,28H,10H2,1-4H3,(H,30,31)/t14-/m0/s1. The van der Waals surface area contributed by atoms with Gasteiger partial charge in [0.15, 0.2) is 11.6 Å². The minimum absolute atomic E-state index is 0.166. The van der Waals surface area contributed by atoms with Gasteiger partial charge in [-0.1, -0.05) is 44.0 Å². The van der Waals surface area contributed by atoms with Gasteiger partial charge < -0.3 is 10.2 Å². The third-order valence-corrected chi connectivity index (χ3v) is 5.89. The van der Waals surface area contributed by atoms with Crippen LogP contribution in [0.1, 0.15) is 54.7 Å².